The van der Waals surface area contributed by atoms with Crippen molar-refractivity contribution in [3.63, 3.8) is 0 Å². The van der Waals surface area contributed by atoms with Crippen LogP contribution in [0.1, 0.15) is 42.9 Å². The lowest BCUT2D eigenvalue weighted by Crippen LogP contribution is -2.42. The number of carbonyl (C=O) groups excluding carboxylic acids is 3. The number of hydrogen-bond acceptors (Lipinski definition) is 6. The molecular weight excluding hydrogens is 534 g/mol. The van der Waals surface area contributed by atoms with E-state index < -0.39 is 11.3 Å². The predicted octanol–water partition coefficient (Wildman–Crippen LogP) is 5.24. The molecule has 2 atom stereocenters. The van der Waals surface area contributed by atoms with Crippen LogP contribution in [0.2, 0.25) is 0 Å². The van der Waals surface area contributed by atoms with Gasteiger partial charge >= 0.3 is 0 Å². The number of hydrogen-bond donors (Lipinski definition) is 2. The normalized spacial score (nSPS) is 16.3. The first-order valence-corrected chi connectivity index (χ1v) is 14.8. The fourth-order valence-electron chi connectivity index (χ4n) is 4.81. The summed E-state index contributed by atoms with van der Waals surface area (Å²) in [5.74, 6) is 0.0261. The Labute approximate surface area is 244 Å². The van der Waals surface area contributed by atoms with E-state index in [1.165, 1.54) is 16.7 Å². The van der Waals surface area contributed by atoms with E-state index in [9.17, 15) is 14.4 Å². The maximum absolute atomic E-state index is 13.6. The number of anilines is 1. The van der Waals surface area contributed by atoms with Crippen LogP contribution in [-0.2, 0) is 20.8 Å². The van der Waals surface area contributed by atoms with Gasteiger partial charge in [-0.3, -0.25) is 19.4 Å². The summed E-state index contributed by atoms with van der Waals surface area (Å²) in [5, 5.41) is 5.89. The van der Waals surface area contributed by atoms with Crippen LogP contribution in [0.4, 0.5) is 11.4 Å². The van der Waals surface area contributed by atoms with Crippen molar-refractivity contribution in [1.29, 1.82) is 0 Å². The predicted molar refractivity (Wildman–Crippen MR) is 165 cm³/mol. The molecule has 0 unspecified atom stereocenters. The molecule has 2 N–H and O–H groups in total. The van der Waals surface area contributed by atoms with Crippen LogP contribution in [0.25, 0.3) is 0 Å². The highest BCUT2D eigenvalue weighted by molar-refractivity contribution is 8.15. The molecule has 0 saturated carbocycles. The average molecular weight is 568 g/mol. The van der Waals surface area contributed by atoms with Crippen molar-refractivity contribution in [2.45, 2.75) is 50.8 Å². The largest absolute Gasteiger partial charge is 0.356 e. The third kappa shape index (κ3) is 6.74. The summed E-state index contributed by atoms with van der Waals surface area (Å²) < 4.78 is 0. The molecule has 5 rings (SSSR count). The van der Waals surface area contributed by atoms with E-state index in [1.54, 1.807) is 0 Å². The van der Waals surface area contributed by atoms with Crippen LogP contribution >= 0.6 is 11.8 Å². The van der Waals surface area contributed by atoms with E-state index in [2.05, 4.69) is 10.6 Å². The van der Waals surface area contributed by atoms with E-state index in [1.807, 2.05) is 92.7 Å². The minimum atomic E-state index is -0.692. The molecule has 41 heavy (non-hydrogen) atoms. The van der Waals surface area contributed by atoms with Gasteiger partial charge in [-0.1, -0.05) is 73.3 Å². The number of aryl methyl sites for hydroxylation is 1. The van der Waals surface area contributed by atoms with Gasteiger partial charge in [0, 0.05) is 24.2 Å². The third-order valence-corrected chi connectivity index (χ3v) is 8.28. The molecule has 2 heterocycles. The molecule has 3 aromatic rings. The Morgan fingerprint density at radius 3 is 2.59 bits per heavy atom. The molecule has 210 valence electrons. The molecule has 0 radical (unpaired) electrons. The number of benzene rings is 3. The standard InChI is InChI=1S/C32H33N5O3S/c1-3-27(30(39)34-23-13-9-10-21(2)20-23)41-32-36-25-15-8-7-14-24(25)29-35-26(31(40)37(29)32)16-17-28(38)33-19-18-22-11-5-4-6-12-22/h4-15,20,26-27H,3,16-19H2,1-2H3,(H,33,38)(H,34,39)/t26-,27+/m0/s1. The maximum Gasteiger partial charge on any atom is 0.259 e. The number of carbonyl (C=O) groups is 3. The lowest BCUT2D eigenvalue weighted by atomic mass is 10.1. The van der Waals surface area contributed by atoms with Crippen molar-refractivity contribution in [1.82, 2.24) is 10.2 Å². The lowest BCUT2D eigenvalue weighted by molar-refractivity contribution is -0.125. The minimum Gasteiger partial charge on any atom is -0.356 e. The Balaban J connectivity index is 1.26. The number of rotatable bonds is 10. The summed E-state index contributed by atoms with van der Waals surface area (Å²) in [6.45, 7) is 4.44. The second-order valence-corrected chi connectivity index (χ2v) is 11.2. The van der Waals surface area contributed by atoms with E-state index in [0.717, 1.165) is 28.8 Å². The Morgan fingerprint density at radius 1 is 1.02 bits per heavy atom. The van der Waals surface area contributed by atoms with Crippen LogP contribution in [0.5, 0.6) is 0 Å². The van der Waals surface area contributed by atoms with Gasteiger partial charge in [-0.15, -0.1) is 0 Å². The Kier molecular flexibility index (Phi) is 8.94. The fraction of sp³-hybridized carbons (Fsp3) is 0.281. The molecule has 0 aromatic heterocycles. The topological polar surface area (TPSA) is 103 Å². The van der Waals surface area contributed by atoms with Crippen LogP contribution in [0.15, 0.2) is 88.8 Å². The number of fused-ring (bicyclic) bond motifs is 3. The van der Waals surface area contributed by atoms with Gasteiger partial charge in [0.05, 0.1) is 10.9 Å². The van der Waals surface area contributed by atoms with Crippen molar-refractivity contribution >= 4 is 51.9 Å². The summed E-state index contributed by atoms with van der Waals surface area (Å²) in [6, 6.07) is 24.5. The molecule has 3 aromatic carbocycles. The highest BCUT2D eigenvalue weighted by Gasteiger charge is 2.42. The maximum atomic E-state index is 13.6. The Hall–Kier alpha value is -4.24. The molecule has 2 aliphatic heterocycles. The lowest BCUT2D eigenvalue weighted by Gasteiger charge is -2.27. The molecular formula is C32H33N5O3S. The highest BCUT2D eigenvalue weighted by atomic mass is 32.2. The zero-order chi connectivity index (χ0) is 28.8. The van der Waals surface area contributed by atoms with Crippen LogP contribution < -0.4 is 10.6 Å². The first-order valence-electron chi connectivity index (χ1n) is 13.9. The van der Waals surface area contributed by atoms with Gasteiger partial charge in [0.25, 0.3) is 5.91 Å². The van der Waals surface area contributed by atoms with E-state index in [-0.39, 0.29) is 24.1 Å². The first kappa shape index (κ1) is 28.3. The number of amidine groups is 2. The second-order valence-electron chi connectivity index (χ2n) is 10.1. The van der Waals surface area contributed by atoms with Gasteiger partial charge in [0.2, 0.25) is 11.8 Å². The fourth-order valence-corrected chi connectivity index (χ4v) is 5.83. The summed E-state index contributed by atoms with van der Waals surface area (Å²) in [5.41, 5.74) is 4.40. The van der Waals surface area contributed by atoms with Crippen molar-refractivity contribution < 1.29 is 14.4 Å². The number of aliphatic imine (C=N–C) groups is 2. The Morgan fingerprint density at radius 2 is 1.80 bits per heavy atom. The quantitative estimate of drug-likeness (QED) is 0.350. The molecule has 0 fully saturated rings. The number of para-hydroxylation sites is 1. The smallest absolute Gasteiger partial charge is 0.259 e. The van der Waals surface area contributed by atoms with Gasteiger partial charge in [0.15, 0.2) is 5.17 Å². The second kappa shape index (κ2) is 13.0. The summed E-state index contributed by atoms with van der Waals surface area (Å²) in [4.78, 5) is 50.4. The van der Waals surface area contributed by atoms with Crippen LogP contribution in [-0.4, -0.2) is 51.5 Å². The molecule has 3 amide bonds. The summed E-state index contributed by atoms with van der Waals surface area (Å²) in [7, 11) is 0. The van der Waals surface area contributed by atoms with Gasteiger partial charge in [-0.2, -0.15) is 0 Å². The molecule has 0 saturated heterocycles. The molecule has 0 spiro atoms. The van der Waals surface area contributed by atoms with Crippen LogP contribution in [0, 0.1) is 6.92 Å². The molecule has 0 aliphatic carbocycles. The summed E-state index contributed by atoms with van der Waals surface area (Å²) >= 11 is 1.26. The van der Waals surface area contributed by atoms with Crippen molar-refractivity contribution in [3.05, 3.63) is 95.6 Å². The Bertz CT molecular complexity index is 1500. The molecule has 9 heteroatoms. The minimum absolute atomic E-state index is 0.110. The van der Waals surface area contributed by atoms with Crippen molar-refractivity contribution in [2.75, 3.05) is 11.9 Å². The van der Waals surface area contributed by atoms with Gasteiger partial charge in [0.1, 0.15) is 11.9 Å². The number of nitrogens with zero attached hydrogens (tertiary/aromatic N) is 3. The zero-order valence-corrected chi connectivity index (χ0v) is 24.0. The molecule has 8 nitrogen and oxygen atoms in total. The SMILES string of the molecule is CC[C@@H](SC1=Nc2ccccc2C2=N[C@@H](CCC(=O)NCCc3ccccc3)C(=O)N12)C(=O)Nc1cccc(C)c1. The van der Waals surface area contributed by atoms with Gasteiger partial charge in [-0.05, 0) is 61.6 Å². The van der Waals surface area contributed by atoms with Gasteiger partial charge in [-0.25, -0.2) is 9.89 Å². The molecule has 0 bridgehead atoms. The zero-order valence-electron chi connectivity index (χ0n) is 23.2. The van der Waals surface area contributed by atoms with Crippen LogP contribution in [0.3, 0.4) is 0 Å². The highest BCUT2D eigenvalue weighted by Crippen LogP contribution is 2.36. The monoisotopic (exact) mass is 567 g/mol. The van der Waals surface area contributed by atoms with Crippen molar-refractivity contribution in [2.24, 2.45) is 9.98 Å². The van der Waals surface area contributed by atoms with E-state index in [0.29, 0.717) is 36.1 Å². The number of thioether (sulfide) groups is 1. The third-order valence-electron chi connectivity index (χ3n) is 6.97. The van der Waals surface area contributed by atoms with Gasteiger partial charge < -0.3 is 10.6 Å². The summed E-state index contributed by atoms with van der Waals surface area (Å²) in [6.07, 6.45) is 1.77. The first-order chi connectivity index (χ1) is 19.9. The van der Waals surface area contributed by atoms with E-state index in [4.69, 9.17) is 9.98 Å². The van der Waals surface area contributed by atoms with E-state index >= 15 is 0 Å². The average Bonchev–Trinajstić information content (AvgIpc) is 3.31. The molecule has 2 aliphatic rings. The van der Waals surface area contributed by atoms with Crippen molar-refractivity contribution in [3.8, 4) is 0 Å². The number of amides is 3. The number of nitrogens with one attached hydrogen (secondary N) is 2.